The van der Waals surface area contributed by atoms with Crippen LogP contribution >= 0.6 is 0 Å². The molecule has 1 unspecified atom stereocenters. The molecular formula is C15H16FNO2. The van der Waals surface area contributed by atoms with Crippen LogP contribution in [-0.4, -0.2) is 10.1 Å². The van der Waals surface area contributed by atoms with Gasteiger partial charge < -0.3 is 9.84 Å². The predicted molar refractivity (Wildman–Crippen MR) is 70.3 cm³/mol. The maximum atomic E-state index is 13.6. The Morgan fingerprint density at radius 1 is 1.32 bits per heavy atom. The Bertz CT molecular complexity index is 570. The molecular weight excluding hydrogens is 245 g/mol. The average molecular weight is 261 g/mol. The summed E-state index contributed by atoms with van der Waals surface area (Å²) in [5, 5.41) is 9.34. The number of benzene rings is 1. The predicted octanol–water partition coefficient (Wildman–Crippen LogP) is 3.16. The van der Waals surface area contributed by atoms with Crippen LogP contribution in [0.2, 0.25) is 0 Å². The van der Waals surface area contributed by atoms with Crippen LogP contribution in [0.15, 0.2) is 36.4 Å². The van der Waals surface area contributed by atoms with Gasteiger partial charge in [-0.1, -0.05) is 6.07 Å². The number of aliphatic hydroxyl groups is 1. The van der Waals surface area contributed by atoms with E-state index in [1.54, 1.807) is 6.07 Å². The summed E-state index contributed by atoms with van der Waals surface area (Å²) in [7, 11) is 0. The number of hydrogen-bond donors (Lipinski definition) is 1. The van der Waals surface area contributed by atoms with Crippen molar-refractivity contribution in [3.63, 3.8) is 0 Å². The van der Waals surface area contributed by atoms with Gasteiger partial charge >= 0.3 is 0 Å². The summed E-state index contributed by atoms with van der Waals surface area (Å²) in [4.78, 5) is 4.30. The summed E-state index contributed by atoms with van der Waals surface area (Å²) in [6.45, 7) is 3.71. The van der Waals surface area contributed by atoms with Crippen LogP contribution in [0.5, 0.6) is 5.75 Å². The maximum absolute atomic E-state index is 13.6. The number of aromatic nitrogens is 1. The highest BCUT2D eigenvalue weighted by Gasteiger charge is 2.09. The number of halogens is 1. The molecule has 0 amide bonds. The topological polar surface area (TPSA) is 42.4 Å². The van der Waals surface area contributed by atoms with E-state index in [1.807, 2.05) is 25.1 Å². The molecule has 2 aromatic rings. The second-order valence-corrected chi connectivity index (χ2v) is 4.42. The third-order valence-corrected chi connectivity index (χ3v) is 2.75. The smallest absolute Gasteiger partial charge is 0.132 e. The summed E-state index contributed by atoms with van der Waals surface area (Å²) in [5.74, 6) is -0.0464. The van der Waals surface area contributed by atoms with E-state index in [9.17, 15) is 9.50 Å². The van der Waals surface area contributed by atoms with E-state index in [0.29, 0.717) is 5.75 Å². The first-order chi connectivity index (χ1) is 9.06. The number of rotatable bonds is 4. The Morgan fingerprint density at radius 3 is 2.74 bits per heavy atom. The normalized spacial score (nSPS) is 12.2. The minimum absolute atomic E-state index is 0.265. The molecule has 1 N–H and O–H groups in total. The fourth-order valence-electron chi connectivity index (χ4n) is 1.77. The van der Waals surface area contributed by atoms with Gasteiger partial charge in [0.15, 0.2) is 0 Å². The van der Waals surface area contributed by atoms with Gasteiger partial charge in [-0.25, -0.2) is 4.39 Å². The lowest BCUT2D eigenvalue weighted by Gasteiger charge is -2.10. The standard InChI is InChI=1S/C15H16FNO2/c1-10-4-3-5-12(17-10)9-19-13-6-7-14(11(2)18)15(16)8-13/h3-8,11,18H,9H2,1-2H3. The van der Waals surface area contributed by atoms with Gasteiger partial charge in [-0.2, -0.15) is 0 Å². The molecule has 0 aliphatic carbocycles. The monoisotopic (exact) mass is 261 g/mol. The van der Waals surface area contributed by atoms with Gasteiger partial charge in [0.25, 0.3) is 0 Å². The Morgan fingerprint density at radius 2 is 2.11 bits per heavy atom. The third-order valence-electron chi connectivity index (χ3n) is 2.75. The van der Waals surface area contributed by atoms with Crippen molar-refractivity contribution in [2.45, 2.75) is 26.6 Å². The van der Waals surface area contributed by atoms with Gasteiger partial charge in [-0.3, -0.25) is 4.98 Å². The summed E-state index contributed by atoms with van der Waals surface area (Å²) in [6, 6.07) is 10.1. The van der Waals surface area contributed by atoms with E-state index < -0.39 is 11.9 Å². The number of nitrogens with zero attached hydrogens (tertiary/aromatic N) is 1. The van der Waals surface area contributed by atoms with Crippen molar-refractivity contribution in [1.82, 2.24) is 4.98 Å². The number of hydrogen-bond acceptors (Lipinski definition) is 3. The molecule has 4 heteroatoms. The van der Waals surface area contributed by atoms with Crippen molar-refractivity contribution in [3.8, 4) is 5.75 Å². The minimum atomic E-state index is -0.826. The molecule has 0 aliphatic heterocycles. The van der Waals surface area contributed by atoms with Gasteiger partial charge in [-0.15, -0.1) is 0 Å². The number of aryl methyl sites for hydroxylation is 1. The Labute approximate surface area is 111 Å². The molecule has 0 saturated heterocycles. The highest BCUT2D eigenvalue weighted by Crippen LogP contribution is 2.22. The molecule has 2 rings (SSSR count). The molecule has 1 atom stereocenters. The SMILES string of the molecule is Cc1cccc(COc2ccc(C(C)O)c(F)c2)n1. The Kier molecular flexibility index (Phi) is 4.12. The van der Waals surface area contributed by atoms with Gasteiger partial charge in [0.05, 0.1) is 11.8 Å². The van der Waals surface area contributed by atoms with Crippen molar-refractivity contribution >= 4 is 0 Å². The van der Waals surface area contributed by atoms with Gasteiger partial charge in [-0.05, 0) is 38.1 Å². The summed E-state index contributed by atoms with van der Waals surface area (Å²) in [6.07, 6.45) is -0.826. The quantitative estimate of drug-likeness (QED) is 0.919. The number of pyridine rings is 1. The lowest BCUT2D eigenvalue weighted by atomic mass is 10.1. The third kappa shape index (κ3) is 3.51. The molecule has 0 radical (unpaired) electrons. The largest absolute Gasteiger partial charge is 0.487 e. The van der Waals surface area contributed by atoms with Crippen molar-refractivity contribution in [3.05, 3.63) is 59.2 Å². The molecule has 3 nitrogen and oxygen atoms in total. The van der Waals surface area contributed by atoms with Crippen LogP contribution in [0.1, 0.15) is 30.0 Å². The zero-order valence-corrected chi connectivity index (χ0v) is 10.9. The van der Waals surface area contributed by atoms with E-state index in [0.717, 1.165) is 11.4 Å². The first-order valence-corrected chi connectivity index (χ1v) is 6.09. The zero-order valence-electron chi connectivity index (χ0n) is 10.9. The first kappa shape index (κ1) is 13.5. The molecule has 0 saturated carbocycles. The van der Waals surface area contributed by atoms with Crippen molar-refractivity contribution < 1.29 is 14.2 Å². The second kappa shape index (κ2) is 5.80. The van der Waals surface area contributed by atoms with Crippen molar-refractivity contribution in [2.75, 3.05) is 0 Å². The summed E-state index contributed by atoms with van der Waals surface area (Å²) in [5.41, 5.74) is 1.97. The fourth-order valence-corrected chi connectivity index (χ4v) is 1.77. The summed E-state index contributed by atoms with van der Waals surface area (Å²) >= 11 is 0. The first-order valence-electron chi connectivity index (χ1n) is 6.09. The lowest BCUT2D eigenvalue weighted by molar-refractivity contribution is 0.193. The molecule has 1 heterocycles. The van der Waals surface area contributed by atoms with Crippen LogP contribution < -0.4 is 4.74 Å². The van der Waals surface area contributed by atoms with Crippen LogP contribution in [0.3, 0.4) is 0 Å². The van der Waals surface area contributed by atoms with Crippen LogP contribution in [-0.2, 0) is 6.61 Å². The van der Waals surface area contributed by atoms with Crippen LogP contribution in [0.25, 0.3) is 0 Å². The molecule has 0 bridgehead atoms. The number of aliphatic hydroxyl groups excluding tert-OH is 1. The Balaban J connectivity index is 2.06. The molecule has 100 valence electrons. The van der Waals surface area contributed by atoms with Crippen LogP contribution in [0.4, 0.5) is 4.39 Å². The van der Waals surface area contributed by atoms with E-state index in [-0.39, 0.29) is 12.2 Å². The van der Waals surface area contributed by atoms with Crippen molar-refractivity contribution in [2.24, 2.45) is 0 Å². The van der Waals surface area contributed by atoms with Gasteiger partial charge in [0, 0.05) is 17.3 Å². The fraction of sp³-hybridized carbons (Fsp3) is 0.267. The molecule has 1 aromatic carbocycles. The van der Waals surface area contributed by atoms with E-state index in [2.05, 4.69) is 4.98 Å². The van der Waals surface area contributed by atoms with E-state index >= 15 is 0 Å². The Hall–Kier alpha value is -1.94. The maximum Gasteiger partial charge on any atom is 0.132 e. The molecule has 19 heavy (non-hydrogen) atoms. The zero-order chi connectivity index (χ0) is 13.8. The molecule has 0 spiro atoms. The van der Waals surface area contributed by atoms with Crippen LogP contribution in [0, 0.1) is 12.7 Å². The number of ether oxygens (including phenoxy) is 1. The van der Waals surface area contributed by atoms with Gasteiger partial charge in [0.1, 0.15) is 18.2 Å². The lowest BCUT2D eigenvalue weighted by Crippen LogP contribution is -2.01. The molecule has 1 aromatic heterocycles. The minimum Gasteiger partial charge on any atom is -0.487 e. The molecule has 0 aliphatic rings. The molecule has 0 fully saturated rings. The average Bonchev–Trinajstić information content (AvgIpc) is 2.36. The second-order valence-electron chi connectivity index (χ2n) is 4.42. The highest BCUT2D eigenvalue weighted by molar-refractivity contribution is 5.30. The summed E-state index contributed by atoms with van der Waals surface area (Å²) < 4.78 is 19.1. The highest BCUT2D eigenvalue weighted by atomic mass is 19.1. The van der Waals surface area contributed by atoms with Gasteiger partial charge in [0.2, 0.25) is 0 Å². The van der Waals surface area contributed by atoms with E-state index in [1.165, 1.54) is 19.1 Å². The van der Waals surface area contributed by atoms with E-state index in [4.69, 9.17) is 4.74 Å². The van der Waals surface area contributed by atoms with Crippen molar-refractivity contribution in [1.29, 1.82) is 0 Å².